The number of nitrogens with zero attached hydrogens (tertiary/aromatic N) is 1. The van der Waals surface area contributed by atoms with Gasteiger partial charge in [0.25, 0.3) is 0 Å². The molecule has 0 aromatic carbocycles. The molecule has 0 radical (unpaired) electrons. The van der Waals surface area contributed by atoms with Gasteiger partial charge in [0.05, 0.1) is 19.8 Å². The van der Waals surface area contributed by atoms with Crippen molar-refractivity contribution in [2.24, 2.45) is 11.3 Å². The number of hydrogen-bond donors (Lipinski definition) is 1. The van der Waals surface area contributed by atoms with Gasteiger partial charge >= 0.3 is 0 Å². The Bertz CT molecular complexity index is 345. The molecule has 86 valence electrons. The summed E-state index contributed by atoms with van der Waals surface area (Å²) in [6.07, 6.45) is 1.75. The predicted molar refractivity (Wildman–Crippen MR) is 59.3 cm³/mol. The molecule has 2 aliphatic rings. The summed E-state index contributed by atoms with van der Waals surface area (Å²) in [7, 11) is 0. The molecule has 3 rings (SSSR count). The number of nitrogens with one attached hydrogen (secondary N) is 1. The van der Waals surface area contributed by atoms with Crippen molar-refractivity contribution in [3.63, 3.8) is 0 Å². The predicted octanol–water partition coefficient (Wildman–Crippen LogP) is 0.696. The Balaban J connectivity index is 1.66. The standard InChI is InChI=1S/C12H16N2O2/c1-2-4-14-11(3-1)16-9-12-7-13-5-10(12)6-15-8-12/h1-4,10,13H,5-9H2/t10-,12+/m1/s1. The fourth-order valence-corrected chi connectivity index (χ4v) is 2.53. The summed E-state index contributed by atoms with van der Waals surface area (Å²) < 4.78 is 11.3. The van der Waals surface area contributed by atoms with Gasteiger partial charge in [-0.25, -0.2) is 4.98 Å². The molecule has 1 aromatic heterocycles. The summed E-state index contributed by atoms with van der Waals surface area (Å²) in [5.74, 6) is 1.30. The van der Waals surface area contributed by atoms with E-state index in [9.17, 15) is 0 Å². The Kier molecular flexibility index (Phi) is 2.53. The van der Waals surface area contributed by atoms with E-state index < -0.39 is 0 Å². The first-order valence-electron chi connectivity index (χ1n) is 5.71. The third-order valence-electron chi connectivity index (χ3n) is 3.59. The first-order chi connectivity index (χ1) is 7.89. The summed E-state index contributed by atoms with van der Waals surface area (Å²) in [5, 5.41) is 3.42. The van der Waals surface area contributed by atoms with Gasteiger partial charge in [0, 0.05) is 36.7 Å². The van der Waals surface area contributed by atoms with Crippen LogP contribution in [0.2, 0.25) is 0 Å². The van der Waals surface area contributed by atoms with Gasteiger partial charge in [-0.2, -0.15) is 0 Å². The van der Waals surface area contributed by atoms with Crippen LogP contribution in [0.25, 0.3) is 0 Å². The van der Waals surface area contributed by atoms with Crippen molar-refractivity contribution in [1.82, 2.24) is 10.3 Å². The number of aromatic nitrogens is 1. The third kappa shape index (κ3) is 1.68. The molecule has 2 atom stereocenters. The maximum absolute atomic E-state index is 5.76. The summed E-state index contributed by atoms with van der Waals surface area (Å²) in [4.78, 5) is 4.17. The monoisotopic (exact) mass is 220 g/mol. The van der Waals surface area contributed by atoms with Crippen molar-refractivity contribution in [1.29, 1.82) is 0 Å². The van der Waals surface area contributed by atoms with Crippen LogP contribution in [0.3, 0.4) is 0 Å². The summed E-state index contributed by atoms with van der Waals surface area (Å²) in [6, 6.07) is 5.73. The van der Waals surface area contributed by atoms with Crippen LogP contribution in [-0.2, 0) is 4.74 Å². The number of pyridine rings is 1. The molecule has 1 aromatic rings. The van der Waals surface area contributed by atoms with Crippen molar-refractivity contribution in [3.8, 4) is 5.88 Å². The molecule has 4 heteroatoms. The van der Waals surface area contributed by atoms with E-state index in [0.717, 1.165) is 26.3 Å². The Hall–Kier alpha value is -1.13. The van der Waals surface area contributed by atoms with E-state index in [1.165, 1.54) is 0 Å². The molecule has 0 saturated carbocycles. The van der Waals surface area contributed by atoms with Crippen molar-refractivity contribution < 1.29 is 9.47 Å². The smallest absolute Gasteiger partial charge is 0.213 e. The van der Waals surface area contributed by atoms with Gasteiger partial charge in [-0.1, -0.05) is 6.07 Å². The van der Waals surface area contributed by atoms with Gasteiger partial charge in [0.15, 0.2) is 0 Å². The fraction of sp³-hybridized carbons (Fsp3) is 0.583. The molecule has 2 saturated heterocycles. The molecular weight excluding hydrogens is 204 g/mol. The maximum Gasteiger partial charge on any atom is 0.213 e. The molecule has 0 spiro atoms. The van der Waals surface area contributed by atoms with Crippen molar-refractivity contribution in [2.45, 2.75) is 0 Å². The van der Waals surface area contributed by atoms with Crippen LogP contribution < -0.4 is 10.1 Å². The third-order valence-corrected chi connectivity index (χ3v) is 3.59. The van der Waals surface area contributed by atoms with Gasteiger partial charge in [0.1, 0.15) is 0 Å². The van der Waals surface area contributed by atoms with Gasteiger partial charge in [0.2, 0.25) is 5.88 Å². The van der Waals surface area contributed by atoms with Crippen LogP contribution in [0.5, 0.6) is 5.88 Å². The Morgan fingerprint density at radius 2 is 2.56 bits per heavy atom. The molecule has 3 heterocycles. The lowest BCUT2D eigenvalue weighted by molar-refractivity contribution is 0.106. The molecule has 16 heavy (non-hydrogen) atoms. The highest BCUT2D eigenvalue weighted by atomic mass is 16.5. The van der Waals surface area contributed by atoms with E-state index in [1.54, 1.807) is 6.20 Å². The average Bonchev–Trinajstić information content (AvgIpc) is 2.87. The Morgan fingerprint density at radius 3 is 3.44 bits per heavy atom. The average molecular weight is 220 g/mol. The van der Waals surface area contributed by atoms with Crippen molar-refractivity contribution in [2.75, 3.05) is 32.9 Å². The molecule has 4 nitrogen and oxygen atoms in total. The normalized spacial score (nSPS) is 32.6. The largest absolute Gasteiger partial charge is 0.477 e. The molecule has 1 N–H and O–H groups in total. The number of ether oxygens (including phenoxy) is 2. The first-order valence-corrected chi connectivity index (χ1v) is 5.71. The minimum absolute atomic E-state index is 0.164. The van der Waals surface area contributed by atoms with E-state index in [2.05, 4.69) is 10.3 Å². The van der Waals surface area contributed by atoms with Gasteiger partial charge in [-0.15, -0.1) is 0 Å². The molecule has 0 amide bonds. The number of rotatable bonds is 3. The summed E-state index contributed by atoms with van der Waals surface area (Å²) in [6.45, 7) is 4.40. The van der Waals surface area contributed by atoms with Crippen LogP contribution in [0.1, 0.15) is 0 Å². The molecule has 0 aliphatic carbocycles. The molecule has 2 fully saturated rings. The van der Waals surface area contributed by atoms with Gasteiger partial charge < -0.3 is 14.8 Å². The lowest BCUT2D eigenvalue weighted by atomic mass is 9.82. The van der Waals surface area contributed by atoms with E-state index in [-0.39, 0.29) is 5.41 Å². The van der Waals surface area contributed by atoms with Crippen LogP contribution in [0.15, 0.2) is 24.4 Å². The van der Waals surface area contributed by atoms with Crippen molar-refractivity contribution >= 4 is 0 Å². The second-order valence-electron chi connectivity index (χ2n) is 4.66. The second kappa shape index (κ2) is 4.03. The Morgan fingerprint density at radius 1 is 1.56 bits per heavy atom. The highest BCUT2D eigenvalue weighted by Gasteiger charge is 2.48. The zero-order valence-electron chi connectivity index (χ0n) is 9.19. The van der Waals surface area contributed by atoms with Gasteiger partial charge in [-0.3, -0.25) is 0 Å². The van der Waals surface area contributed by atoms with Crippen molar-refractivity contribution in [3.05, 3.63) is 24.4 Å². The minimum Gasteiger partial charge on any atom is -0.477 e. The minimum atomic E-state index is 0.164. The van der Waals surface area contributed by atoms with E-state index in [4.69, 9.17) is 9.47 Å². The summed E-state index contributed by atoms with van der Waals surface area (Å²) >= 11 is 0. The number of hydrogen-bond acceptors (Lipinski definition) is 4. The topological polar surface area (TPSA) is 43.4 Å². The quantitative estimate of drug-likeness (QED) is 0.814. The highest BCUT2D eigenvalue weighted by molar-refractivity contribution is 5.10. The highest BCUT2D eigenvalue weighted by Crippen LogP contribution is 2.37. The lowest BCUT2D eigenvalue weighted by Crippen LogP contribution is -2.36. The first kappa shape index (κ1) is 10.1. The second-order valence-corrected chi connectivity index (χ2v) is 4.66. The fourth-order valence-electron chi connectivity index (χ4n) is 2.53. The van der Waals surface area contributed by atoms with E-state index in [1.807, 2.05) is 18.2 Å². The van der Waals surface area contributed by atoms with Crippen LogP contribution in [0, 0.1) is 11.3 Å². The zero-order valence-corrected chi connectivity index (χ0v) is 9.19. The molecule has 0 unspecified atom stereocenters. The van der Waals surface area contributed by atoms with E-state index in [0.29, 0.717) is 18.4 Å². The van der Waals surface area contributed by atoms with Crippen LogP contribution >= 0.6 is 0 Å². The zero-order chi connectivity index (χ0) is 10.8. The molecule has 2 aliphatic heterocycles. The Labute approximate surface area is 95.0 Å². The number of fused-ring (bicyclic) bond motifs is 1. The molecule has 0 bridgehead atoms. The van der Waals surface area contributed by atoms with Gasteiger partial charge in [-0.05, 0) is 6.07 Å². The SMILES string of the molecule is c1ccc(OC[C@@]23CNC[C@@H]2COC3)nc1. The van der Waals surface area contributed by atoms with E-state index >= 15 is 0 Å². The summed E-state index contributed by atoms with van der Waals surface area (Å²) in [5.41, 5.74) is 0.164. The molecular formula is C12H16N2O2. The van der Waals surface area contributed by atoms with Crippen LogP contribution in [-0.4, -0.2) is 37.9 Å². The lowest BCUT2D eigenvalue weighted by Gasteiger charge is -2.25. The maximum atomic E-state index is 5.76. The van der Waals surface area contributed by atoms with Crippen LogP contribution in [0.4, 0.5) is 0 Å².